The molecule has 0 bridgehead atoms. The molecule has 0 atom stereocenters. The van der Waals surface area contributed by atoms with E-state index < -0.39 is 0 Å². The second-order valence-corrected chi connectivity index (χ2v) is 6.83. The second-order valence-electron chi connectivity index (χ2n) is 6.83. The summed E-state index contributed by atoms with van der Waals surface area (Å²) in [6.07, 6.45) is 2.18. The van der Waals surface area contributed by atoms with Gasteiger partial charge < -0.3 is 4.74 Å². The summed E-state index contributed by atoms with van der Waals surface area (Å²) in [5.41, 5.74) is 9.00. The van der Waals surface area contributed by atoms with Crippen molar-refractivity contribution in [3.63, 3.8) is 0 Å². The lowest BCUT2D eigenvalue weighted by Gasteiger charge is -2.10. The zero-order chi connectivity index (χ0) is 18.1. The third-order valence-corrected chi connectivity index (χ3v) is 5.08. The first-order valence-electron chi connectivity index (χ1n) is 8.70. The number of methoxy groups -OCH3 is 1. The van der Waals surface area contributed by atoms with Crippen LogP contribution in [0, 0.1) is 34.6 Å². The van der Waals surface area contributed by atoms with E-state index in [0.29, 0.717) is 0 Å². The molecular formula is C22H27N2O+. The summed E-state index contributed by atoms with van der Waals surface area (Å²) in [6.45, 7) is 11.8. The summed E-state index contributed by atoms with van der Waals surface area (Å²) in [5, 5.41) is 0. The number of hydrogen-bond acceptors (Lipinski definition) is 1. The number of hydrogen-bond donors (Lipinski definition) is 0. The smallest absolute Gasteiger partial charge is 0.249 e. The Kier molecular flexibility index (Phi) is 4.67. The zero-order valence-corrected chi connectivity index (χ0v) is 16.1. The highest BCUT2D eigenvalue weighted by Gasteiger charge is 2.21. The average Bonchev–Trinajstić information content (AvgIpc) is 2.86. The van der Waals surface area contributed by atoms with Crippen LogP contribution >= 0.6 is 0 Å². The quantitative estimate of drug-likeness (QED) is 0.648. The Morgan fingerprint density at radius 1 is 0.960 bits per heavy atom. The van der Waals surface area contributed by atoms with Crippen LogP contribution in [0.2, 0.25) is 0 Å². The lowest BCUT2D eigenvalue weighted by Crippen LogP contribution is -2.36. The van der Waals surface area contributed by atoms with Crippen LogP contribution in [-0.4, -0.2) is 11.7 Å². The molecule has 0 N–H and O–H groups in total. The normalized spacial score (nSPS) is 11.0. The minimum atomic E-state index is 0.882. The fourth-order valence-corrected chi connectivity index (χ4v) is 3.56. The monoisotopic (exact) mass is 335 g/mol. The highest BCUT2D eigenvalue weighted by Crippen LogP contribution is 2.24. The van der Waals surface area contributed by atoms with Gasteiger partial charge in [0.1, 0.15) is 17.9 Å². The predicted molar refractivity (Wildman–Crippen MR) is 102 cm³/mol. The van der Waals surface area contributed by atoms with E-state index >= 15 is 0 Å². The number of para-hydroxylation sites is 2. The Bertz CT molecular complexity index is 899. The van der Waals surface area contributed by atoms with Crippen molar-refractivity contribution in [3.05, 3.63) is 76.4 Å². The summed E-state index contributed by atoms with van der Waals surface area (Å²) in [5.74, 6) is 0.885. The van der Waals surface area contributed by atoms with Crippen molar-refractivity contribution in [2.45, 2.75) is 41.2 Å². The fraction of sp³-hybridized carbons (Fsp3) is 0.318. The van der Waals surface area contributed by atoms with Crippen LogP contribution in [0.1, 0.15) is 33.6 Å². The van der Waals surface area contributed by atoms with E-state index in [0.717, 1.165) is 18.0 Å². The topological polar surface area (TPSA) is 18.0 Å². The Hall–Kier alpha value is -2.55. The fourth-order valence-electron chi connectivity index (χ4n) is 3.56. The van der Waals surface area contributed by atoms with Gasteiger partial charge in [-0.1, -0.05) is 29.8 Å². The van der Waals surface area contributed by atoms with Crippen LogP contribution < -0.4 is 9.30 Å². The van der Waals surface area contributed by atoms with Crippen LogP contribution in [0.15, 0.2) is 42.7 Å². The lowest BCUT2D eigenvalue weighted by atomic mass is 10.00. The molecule has 0 aliphatic carbocycles. The van der Waals surface area contributed by atoms with Crippen molar-refractivity contribution >= 4 is 0 Å². The van der Waals surface area contributed by atoms with E-state index in [1.807, 2.05) is 18.2 Å². The first-order chi connectivity index (χ1) is 11.9. The molecule has 3 nitrogen and oxygen atoms in total. The van der Waals surface area contributed by atoms with E-state index in [1.165, 1.54) is 33.6 Å². The van der Waals surface area contributed by atoms with E-state index in [1.54, 1.807) is 7.11 Å². The SMILES string of the molecule is COc1ccccc1-n1c[n+](Cc2c(C)cc(C)cc2C)c(C)c1C. The molecule has 0 spiro atoms. The first-order valence-corrected chi connectivity index (χ1v) is 8.70. The van der Waals surface area contributed by atoms with E-state index in [2.05, 4.69) is 68.3 Å². The first kappa shape index (κ1) is 17.3. The Morgan fingerprint density at radius 2 is 1.60 bits per heavy atom. The second kappa shape index (κ2) is 6.75. The molecule has 0 amide bonds. The van der Waals surface area contributed by atoms with Gasteiger partial charge in [0.15, 0.2) is 11.4 Å². The Morgan fingerprint density at radius 3 is 2.24 bits per heavy atom. The molecule has 3 aromatic rings. The molecule has 0 aliphatic heterocycles. The highest BCUT2D eigenvalue weighted by atomic mass is 16.5. The molecule has 0 saturated heterocycles. The third-order valence-electron chi connectivity index (χ3n) is 5.08. The third kappa shape index (κ3) is 3.19. The summed E-state index contributed by atoms with van der Waals surface area (Å²) < 4.78 is 10.1. The van der Waals surface area contributed by atoms with Gasteiger partial charge >= 0.3 is 0 Å². The molecule has 0 saturated carbocycles. The van der Waals surface area contributed by atoms with Crippen LogP contribution in [0.4, 0.5) is 0 Å². The molecule has 2 aromatic carbocycles. The Balaban J connectivity index is 2.06. The van der Waals surface area contributed by atoms with Crippen LogP contribution in [-0.2, 0) is 6.54 Å². The molecule has 0 fully saturated rings. The maximum Gasteiger partial charge on any atom is 0.249 e. The van der Waals surface area contributed by atoms with E-state index in [9.17, 15) is 0 Å². The van der Waals surface area contributed by atoms with Crippen molar-refractivity contribution in [2.24, 2.45) is 0 Å². The molecule has 130 valence electrons. The number of aryl methyl sites for hydroxylation is 3. The summed E-state index contributed by atoms with van der Waals surface area (Å²) >= 11 is 0. The Labute approximate surface area is 150 Å². The van der Waals surface area contributed by atoms with Gasteiger partial charge in [0.25, 0.3) is 0 Å². The van der Waals surface area contributed by atoms with Crippen LogP contribution in [0.25, 0.3) is 5.69 Å². The maximum absolute atomic E-state index is 5.54. The number of nitrogens with zero attached hydrogens (tertiary/aromatic N) is 2. The van der Waals surface area contributed by atoms with Gasteiger partial charge in [-0.2, -0.15) is 4.57 Å². The number of aromatic nitrogens is 2. The molecule has 25 heavy (non-hydrogen) atoms. The van der Waals surface area contributed by atoms with Crippen molar-refractivity contribution < 1.29 is 9.30 Å². The molecular weight excluding hydrogens is 308 g/mol. The van der Waals surface area contributed by atoms with Gasteiger partial charge in [-0.05, 0) is 49.6 Å². The molecule has 0 aliphatic rings. The van der Waals surface area contributed by atoms with Gasteiger partial charge in [-0.25, -0.2) is 4.57 Å². The number of ether oxygens (including phenoxy) is 1. The molecule has 1 heterocycles. The van der Waals surface area contributed by atoms with E-state index in [4.69, 9.17) is 4.74 Å². The lowest BCUT2D eigenvalue weighted by molar-refractivity contribution is -0.693. The van der Waals surface area contributed by atoms with Gasteiger partial charge in [0.2, 0.25) is 6.33 Å². The summed E-state index contributed by atoms with van der Waals surface area (Å²) in [4.78, 5) is 0. The molecule has 1 aromatic heterocycles. The van der Waals surface area contributed by atoms with Gasteiger partial charge in [0, 0.05) is 13.8 Å². The van der Waals surface area contributed by atoms with Gasteiger partial charge in [-0.15, -0.1) is 0 Å². The molecule has 0 unspecified atom stereocenters. The molecule has 3 heteroatoms. The van der Waals surface area contributed by atoms with Crippen molar-refractivity contribution in [1.82, 2.24) is 4.57 Å². The standard InChI is InChI=1S/C22H27N2O/c1-15-11-16(2)20(17(3)12-15)13-23-14-24(19(5)18(23)4)21-9-7-8-10-22(21)25-6/h7-12,14H,13H2,1-6H3/q+1. The minimum Gasteiger partial charge on any atom is -0.492 e. The van der Waals surface area contributed by atoms with Crippen molar-refractivity contribution in [3.8, 4) is 11.4 Å². The summed E-state index contributed by atoms with van der Waals surface area (Å²) in [6, 6.07) is 12.7. The van der Waals surface area contributed by atoms with Crippen molar-refractivity contribution in [1.29, 1.82) is 0 Å². The van der Waals surface area contributed by atoms with E-state index in [-0.39, 0.29) is 0 Å². The number of rotatable bonds is 4. The van der Waals surface area contributed by atoms with Gasteiger partial charge in [-0.3, -0.25) is 0 Å². The highest BCUT2D eigenvalue weighted by molar-refractivity contribution is 5.47. The summed E-state index contributed by atoms with van der Waals surface area (Å²) in [7, 11) is 1.72. The largest absolute Gasteiger partial charge is 0.492 e. The van der Waals surface area contributed by atoms with Crippen LogP contribution in [0.5, 0.6) is 5.75 Å². The maximum atomic E-state index is 5.54. The average molecular weight is 335 g/mol. The van der Waals surface area contributed by atoms with Crippen molar-refractivity contribution in [2.75, 3.05) is 7.11 Å². The zero-order valence-electron chi connectivity index (χ0n) is 16.1. The number of benzene rings is 2. The molecule has 3 rings (SSSR count). The number of imidazole rings is 1. The van der Waals surface area contributed by atoms with Crippen LogP contribution in [0.3, 0.4) is 0 Å². The minimum absolute atomic E-state index is 0.882. The van der Waals surface area contributed by atoms with Gasteiger partial charge in [0.05, 0.1) is 7.11 Å². The predicted octanol–water partition coefficient (Wildman–Crippen LogP) is 4.36. The molecule has 0 radical (unpaired) electrons.